The molecule has 1 N–H and O–H groups in total. The Morgan fingerprint density at radius 2 is 1.95 bits per heavy atom. The van der Waals surface area contributed by atoms with Crippen molar-refractivity contribution in [2.45, 2.75) is 58.0 Å². The van der Waals surface area contributed by atoms with E-state index in [-0.39, 0.29) is 11.8 Å². The molecule has 1 aliphatic carbocycles. The van der Waals surface area contributed by atoms with Crippen molar-refractivity contribution in [3.05, 3.63) is 29.8 Å². The van der Waals surface area contributed by atoms with E-state index in [4.69, 9.17) is 4.74 Å². The molecular formula is C17H25NO2. The first-order valence-corrected chi connectivity index (χ1v) is 7.74. The number of carbonyl (C=O) groups excluding carboxylic acids is 1. The molecule has 3 heteroatoms. The summed E-state index contributed by atoms with van der Waals surface area (Å²) in [6, 6.07) is 7.89. The summed E-state index contributed by atoms with van der Waals surface area (Å²) in [4.78, 5) is 12.4. The fraction of sp³-hybridized carbons (Fsp3) is 0.588. The lowest BCUT2D eigenvalue weighted by Gasteiger charge is -2.18. The lowest BCUT2D eigenvalue weighted by molar-refractivity contribution is 0.0944. The van der Waals surface area contributed by atoms with Gasteiger partial charge in [0, 0.05) is 11.6 Å². The van der Waals surface area contributed by atoms with Crippen LogP contribution < -0.4 is 10.1 Å². The average molecular weight is 275 g/mol. The topological polar surface area (TPSA) is 38.3 Å². The van der Waals surface area contributed by atoms with Gasteiger partial charge in [0.1, 0.15) is 5.75 Å². The molecule has 3 nitrogen and oxygen atoms in total. The van der Waals surface area contributed by atoms with Crippen molar-refractivity contribution < 1.29 is 9.53 Å². The summed E-state index contributed by atoms with van der Waals surface area (Å²) >= 11 is 0. The summed E-state index contributed by atoms with van der Waals surface area (Å²) in [5, 5.41) is 3.45. The van der Waals surface area contributed by atoms with Gasteiger partial charge in [-0.15, -0.1) is 0 Å². The van der Waals surface area contributed by atoms with Gasteiger partial charge in [-0.3, -0.25) is 4.79 Å². The Labute approximate surface area is 121 Å². The second-order valence-electron chi connectivity index (χ2n) is 5.61. The van der Waals surface area contributed by atoms with Crippen LogP contribution in [0.4, 0.5) is 0 Å². The zero-order valence-corrected chi connectivity index (χ0v) is 12.5. The quantitative estimate of drug-likeness (QED) is 0.773. The Kier molecular flexibility index (Phi) is 5.60. The summed E-state index contributed by atoms with van der Waals surface area (Å²) in [7, 11) is 0. The molecule has 110 valence electrons. The number of carbonyl (C=O) groups is 1. The molecule has 1 fully saturated rings. The molecule has 0 aromatic heterocycles. The van der Waals surface area contributed by atoms with Gasteiger partial charge < -0.3 is 10.1 Å². The van der Waals surface area contributed by atoms with Crippen LogP contribution in [0.25, 0.3) is 0 Å². The SMILES string of the molecule is CCCOc1ccc(C(=O)C(C)NC2CCCC2)cc1. The first-order valence-electron chi connectivity index (χ1n) is 7.74. The minimum atomic E-state index is -0.111. The lowest BCUT2D eigenvalue weighted by Crippen LogP contribution is -2.40. The molecule has 1 saturated carbocycles. The van der Waals surface area contributed by atoms with E-state index < -0.39 is 0 Å². The highest BCUT2D eigenvalue weighted by Crippen LogP contribution is 2.19. The van der Waals surface area contributed by atoms with Crippen LogP contribution in [0.15, 0.2) is 24.3 Å². The fourth-order valence-corrected chi connectivity index (χ4v) is 2.71. The highest BCUT2D eigenvalue weighted by Gasteiger charge is 2.21. The molecule has 20 heavy (non-hydrogen) atoms. The van der Waals surface area contributed by atoms with Crippen LogP contribution in [0.2, 0.25) is 0 Å². The number of hydrogen-bond donors (Lipinski definition) is 1. The van der Waals surface area contributed by atoms with Gasteiger partial charge in [0.2, 0.25) is 0 Å². The highest BCUT2D eigenvalue weighted by molar-refractivity contribution is 5.99. The number of rotatable bonds is 7. The second kappa shape index (κ2) is 7.44. The highest BCUT2D eigenvalue weighted by atomic mass is 16.5. The Hall–Kier alpha value is -1.35. The second-order valence-corrected chi connectivity index (χ2v) is 5.61. The van der Waals surface area contributed by atoms with E-state index in [1.165, 1.54) is 25.7 Å². The molecule has 0 bridgehead atoms. The predicted octanol–water partition coefficient (Wildman–Crippen LogP) is 3.58. The van der Waals surface area contributed by atoms with Crippen molar-refractivity contribution in [2.75, 3.05) is 6.61 Å². The van der Waals surface area contributed by atoms with Crippen LogP contribution in [-0.4, -0.2) is 24.5 Å². The third kappa shape index (κ3) is 4.07. The van der Waals surface area contributed by atoms with Crippen molar-refractivity contribution in [1.82, 2.24) is 5.32 Å². The van der Waals surface area contributed by atoms with Crippen molar-refractivity contribution in [2.24, 2.45) is 0 Å². The molecule has 1 aromatic rings. The largest absolute Gasteiger partial charge is 0.494 e. The van der Waals surface area contributed by atoms with E-state index in [0.717, 1.165) is 17.7 Å². The first kappa shape index (κ1) is 15.0. The monoisotopic (exact) mass is 275 g/mol. The zero-order valence-electron chi connectivity index (χ0n) is 12.5. The first-order chi connectivity index (χ1) is 9.70. The normalized spacial score (nSPS) is 17.1. The molecule has 1 atom stereocenters. The molecule has 0 spiro atoms. The van der Waals surface area contributed by atoms with Crippen molar-refractivity contribution in [3.63, 3.8) is 0 Å². The van der Waals surface area contributed by atoms with Gasteiger partial charge in [0.25, 0.3) is 0 Å². The third-order valence-corrected chi connectivity index (χ3v) is 3.85. The van der Waals surface area contributed by atoms with Gasteiger partial charge in [0.15, 0.2) is 5.78 Å². The summed E-state index contributed by atoms with van der Waals surface area (Å²) in [5.41, 5.74) is 0.756. The van der Waals surface area contributed by atoms with Crippen LogP contribution >= 0.6 is 0 Å². The Bertz CT molecular complexity index is 421. The standard InChI is InChI=1S/C17H25NO2/c1-3-12-20-16-10-8-14(9-11-16)17(19)13(2)18-15-6-4-5-7-15/h8-11,13,15,18H,3-7,12H2,1-2H3. The van der Waals surface area contributed by atoms with E-state index in [0.29, 0.717) is 12.6 Å². The van der Waals surface area contributed by atoms with Crippen LogP contribution in [0.3, 0.4) is 0 Å². The predicted molar refractivity (Wildman–Crippen MR) is 81.4 cm³/mol. The molecule has 0 radical (unpaired) electrons. The molecule has 0 aliphatic heterocycles. The molecule has 0 heterocycles. The van der Waals surface area contributed by atoms with E-state index in [1.54, 1.807) is 0 Å². The summed E-state index contributed by atoms with van der Waals surface area (Å²) in [5.74, 6) is 0.999. The average Bonchev–Trinajstić information content (AvgIpc) is 2.97. The summed E-state index contributed by atoms with van der Waals surface area (Å²) in [6.45, 7) is 4.75. The van der Waals surface area contributed by atoms with Gasteiger partial charge in [-0.1, -0.05) is 19.8 Å². The molecule has 1 aromatic carbocycles. The minimum Gasteiger partial charge on any atom is -0.494 e. The maximum absolute atomic E-state index is 12.4. The molecule has 0 saturated heterocycles. The van der Waals surface area contributed by atoms with Gasteiger partial charge >= 0.3 is 0 Å². The summed E-state index contributed by atoms with van der Waals surface area (Å²) < 4.78 is 5.53. The Morgan fingerprint density at radius 3 is 2.55 bits per heavy atom. The van der Waals surface area contributed by atoms with Gasteiger partial charge in [0.05, 0.1) is 12.6 Å². The minimum absolute atomic E-state index is 0.111. The van der Waals surface area contributed by atoms with E-state index in [9.17, 15) is 4.79 Å². The van der Waals surface area contributed by atoms with Crippen LogP contribution in [0, 0.1) is 0 Å². The van der Waals surface area contributed by atoms with Gasteiger partial charge in [-0.25, -0.2) is 0 Å². The van der Waals surface area contributed by atoms with E-state index >= 15 is 0 Å². The van der Waals surface area contributed by atoms with E-state index in [1.807, 2.05) is 31.2 Å². The Morgan fingerprint density at radius 1 is 1.30 bits per heavy atom. The fourth-order valence-electron chi connectivity index (χ4n) is 2.71. The zero-order chi connectivity index (χ0) is 14.4. The number of benzene rings is 1. The number of ether oxygens (including phenoxy) is 1. The van der Waals surface area contributed by atoms with E-state index in [2.05, 4.69) is 12.2 Å². The molecule has 0 amide bonds. The number of hydrogen-bond acceptors (Lipinski definition) is 3. The Balaban J connectivity index is 1.90. The number of ketones is 1. The smallest absolute Gasteiger partial charge is 0.179 e. The number of nitrogens with one attached hydrogen (secondary N) is 1. The van der Waals surface area contributed by atoms with Crippen molar-refractivity contribution in [3.8, 4) is 5.75 Å². The third-order valence-electron chi connectivity index (χ3n) is 3.85. The molecule has 1 aliphatic rings. The van der Waals surface area contributed by atoms with Crippen LogP contribution in [0.5, 0.6) is 5.75 Å². The number of Topliss-reactive ketones (excluding diaryl/α,β-unsaturated/α-hetero) is 1. The molecule has 1 unspecified atom stereocenters. The summed E-state index contributed by atoms with van der Waals surface area (Å²) in [6.07, 6.45) is 5.94. The maximum atomic E-state index is 12.4. The van der Waals surface area contributed by atoms with Crippen molar-refractivity contribution >= 4 is 5.78 Å². The van der Waals surface area contributed by atoms with Gasteiger partial charge in [-0.05, 0) is 50.5 Å². The maximum Gasteiger partial charge on any atom is 0.179 e. The van der Waals surface area contributed by atoms with Gasteiger partial charge in [-0.2, -0.15) is 0 Å². The van der Waals surface area contributed by atoms with Crippen LogP contribution in [-0.2, 0) is 0 Å². The molecular weight excluding hydrogens is 250 g/mol. The lowest BCUT2D eigenvalue weighted by atomic mass is 10.0. The molecule has 2 rings (SSSR count). The van der Waals surface area contributed by atoms with Crippen LogP contribution in [0.1, 0.15) is 56.3 Å². The van der Waals surface area contributed by atoms with Crippen molar-refractivity contribution in [1.29, 1.82) is 0 Å².